The normalized spacial score (nSPS) is 10.5. The fourth-order valence-electron chi connectivity index (χ4n) is 2.33. The Balaban J connectivity index is 1.81. The van der Waals surface area contributed by atoms with Crippen LogP contribution >= 0.6 is 0 Å². The molecule has 0 saturated heterocycles. The zero-order valence-electron chi connectivity index (χ0n) is 13.8. The molecule has 1 N–H and O–H groups in total. The molecule has 0 aliphatic carbocycles. The number of anilines is 1. The van der Waals surface area contributed by atoms with Gasteiger partial charge in [0.15, 0.2) is 5.69 Å². The molecule has 0 spiro atoms. The average molecular weight is 322 g/mol. The molecular formula is C18H18N4O2. The van der Waals surface area contributed by atoms with E-state index in [-0.39, 0.29) is 5.91 Å². The van der Waals surface area contributed by atoms with Gasteiger partial charge in [-0.1, -0.05) is 22.9 Å². The van der Waals surface area contributed by atoms with E-state index in [1.165, 1.54) is 0 Å². The average Bonchev–Trinajstić information content (AvgIpc) is 2.98. The van der Waals surface area contributed by atoms with Crippen molar-refractivity contribution in [2.75, 3.05) is 12.4 Å². The highest BCUT2D eigenvalue weighted by atomic mass is 16.5. The zero-order valence-corrected chi connectivity index (χ0v) is 13.8. The van der Waals surface area contributed by atoms with Gasteiger partial charge in [0.25, 0.3) is 5.91 Å². The van der Waals surface area contributed by atoms with Crippen molar-refractivity contribution in [3.05, 3.63) is 65.5 Å². The quantitative estimate of drug-likeness (QED) is 0.801. The number of aryl methyl sites for hydroxylation is 1. The van der Waals surface area contributed by atoms with Gasteiger partial charge in [-0.05, 0) is 50.2 Å². The molecule has 1 heterocycles. The Labute approximate surface area is 140 Å². The van der Waals surface area contributed by atoms with Crippen molar-refractivity contribution in [2.45, 2.75) is 13.8 Å². The lowest BCUT2D eigenvalue weighted by Gasteiger charge is -2.06. The molecule has 0 saturated carbocycles. The van der Waals surface area contributed by atoms with Crippen LogP contribution in [0.25, 0.3) is 5.69 Å². The summed E-state index contributed by atoms with van der Waals surface area (Å²) in [5.41, 5.74) is 3.68. The minimum Gasteiger partial charge on any atom is -0.497 e. The fourth-order valence-corrected chi connectivity index (χ4v) is 2.33. The first-order valence-corrected chi connectivity index (χ1v) is 7.53. The molecule has 1 amide bonds. The Kier molecular flexibility index (Phi) is 4.29. The van der Waals surface area contributed by atoms with E-state index in [2.05, 4.69) is 15.6 Å². The number of hydrogen-bond donors (Lipinski definition) is 1. The van der Waals surface area contributed by atoms with Crippen molar-refractivity contribution in [3.8, 4) is 11.4 Å². The lowest BCUT2D eigenvalue weighted by atomic mass is 10.2. The SMILES string of the molecule is COc1ccc(NC(=O)c2nnn(-c3ccc(C)cc3)c2C)cc1. The van der Waals surface area contributed by atoms with Crippen LogP contribution in [0.1, 0.15) is 21.7 Å². The molecule has 3 aromatic rings. The van der Waals surface area contributed by atoms with Gasteiger partial charge in [-0.15, -0.1) is 5.10 Å². The number of ether oxygens (including phenoxy) is 1. The molecule has 3 rings (SSSR count). The second-order valence-electron chi connectivity index (χ2n) is 5.45. The third-order valence-corrected chi connectivity index (χ3v) is 3.74. The van der Waals surface area contributed by atoms with E-state index in [1.807, 2.05) is 38.1 Å². The summed E-state index contributed by atoms with van der Waals surface area (Å²) in [5.74, 6) is 0.436. The number of rotatable bonds is 4. The van der Waals surface area contributed by atoms with Gasteiger partial charge < -0.3 is 10.1 Å². The van der Waals surface area contributed by atoms with E-state index >= 15 is 0 Å². The van der Waals surface area contributed by atoms with Crippen LogP contribution in [0, 0.1) is 13.8 Å². The Hall–Kier alpha value is -3.15. The summed E-state index contributed by atoms with van der Waals surface area (Å²) in [6, 6.07) is 15.0. The summed E-state index contributed by atoms with van der Waals surface area (Å²) in [4.78, 5) is 12.4. The first-order chi connectivity index (χ1) is 11.6. The smallest absolute Gasteiger partial charge is 0.278 e. The second-order valence-corrected chi connectivity index (χ2v) is 5.45. The predicted molar refractivity (Wildman–Crippen MR) is 91.8 cm³/mol. The monoisotopic (exact) mass is 322 g/mol. The van der Waals surface area contributed by atoms with Gasteiger partial charge in [0.1, 0.15) is 5.75 Å². The Morgan fingerprint density at radius 2 is 1.71 bits per heavy atom. The molecule has 0 fully saturated rings. The molecule has 2 aromatic carbocycles. The highest BCUT2D eigenvalue weighted by Crippen LogP contribution is 2.17. The summed E-state index contributed by atoms with van der Waals surface area (Å²) >= 11 is 0. The number of aromatic nitrogens is 3. The van der Waals surface area contributed by atoms with Gasteiger partial charge in [0, 0.05) is 5.69 Å². The van der Waals surface area contributed by atoms with Crippen molar-refractivity contribution < 1.29 is 9.53 Å². The zero-order chi connectivity index (χ0) is 17.1. The number of benzene rings is 2. The molecule has 24 heavy (non-hydrogen) atoms. The third kappa shape index (κ3) is 3.12. The molecular weight excluding hydrogens is 304 g/mol. The van der Waals surface area contributed by atoms with Crippen molar-refractivity contribution >= 4 is 11.6 Å². The topological polar surface area (TPSA) is 69.0 Å². The molecule has 1 aromatic heterocycles. The van der Waals surface area contributed by atoms with Gasteiger partial charge in [-0.2, -0.15) is 0 Å². The molecule has 0 aliphatic rings. The van der Waals surface area contributed by atoms with Crippen LogP contribution in [0.3, 0.4) is 0 Å². The molecule has 6 heteroatoms. The Bertz CT molecular complexity index is 852. The van der Waals surface area contributed by atoms with Crippen LogP contribution in [0.2, 0.25) is 0 Å². The number of nitrogens with one attached hydrogen (secondary N) is 1. The first-order valence-electron chi connectivity index (χ1n) is 7.53. The van der Waals surface area contributed by atoms with Crippen molar-refractivity contribution in [3.63, 3.8) is 0 Å². The van der Waals surface area contributed by atoms with Crippen LogP contribution in [0.15, 0.2) is 48.5 Å². The fraction of sp³-hybridized carbons (Fsp3) is 0.167. The van der Waals surface area contributed by atoms with Crippen molar-refractivity contribution in [2.24, 2.45) is 0 Å². The molecule has 0 atom stereocenters. The molecule has 0 bridgehead atoms. The van der Waals surface area contributed by atoms with Gasteiger partial charge in [-0.25, -0.2) is 4.68 Å². The van der Waals surface area contributed by atoms with Crippen LogP contribution < -0.4 is 10.1 Å². The standard InChI is InChI=1S/C18H18N4O2/c1-12-4-8-15(9-5-12)22-13(2)17(20-21-22)18(23)19-14-6-10-16(24-3)11-7-14/h4-11H,1-3H3,(H,19,23). The van der Waals surface area contributed by atoms with E-state index in [0.717, 1.165) is 17.0 Å². The van der Waals surface area contributed by atoms with Gasteiger partial charge in [-0.3, -0.25) is 4.79 Å². The Morgan fingerprint density at radius 1 is 1.04 bits per heavy atom. The minimum atomic E-state index is -0.295. The summed E-state index contributed by atoms with van der Waals surface area (Å²) < 4.78 is 6.76. The largest absolute Gasteiger partial charge is 0.497 e. The summed E-state index contributed by atoms with van der Waals surface area (Å²) in [5, 5.41) is 10.9. The van der Waals surface area contributed by atoms with E-state index in [1.54, 1.807) is 36.1 Å². The van der Waals surface area contributed by atoms with Crippen molar-refractivity contribution in [1.82, 2.24) is 15.0 Å². The number of carbonyl (C=O) groups excluding carboxylic acids is 1. The van der Waals surface area contributed by atoms with Crippen LogP contribution in [-0.2, 0) is 0 Å². The number of amides is 1. The van der Waals surface area contributed by atoms with Gasteiger partial charge >= 0.3 is 0 Å². The summed E-state index contributed by atoms with van der Waals surface area (Å²) in [6.45, 7) is 3.84. The van der Waals surface area contributed by atoms with Gasteiger partial charge in [0.2, 0.25) is 0 Å². The number of nitrogens with zero attached hydrogens (tertiary/aromatic N) is 3. The maximum Gasteiger partial charge on any atom is 0.278 e. The van der Waals surface area contributed by atoms with Crippen LogP contribution in [-0.4, -0.2) is 28.0 Å². The molecule has 6 nitrogen and oxygen atoms in total. The van der Waals surface area contributed by atoms with Crippen LogP contribution in [0.5, 0.6) is 5.75 Å². The number of hydrogen-bond acceptors (Lipinski definition) is 4. The predicted octanol–water partition coefficient (Wildman–Crippen LogP) is 3.15. The van der Waals surface area contributed by atoms with Crippen molar-refractivity contribution in [1.29, 1.82) is 0 Å². The van der Waals surface area contributed by atoms with E-state index < -0.39 is 0 Å². The minimum absolute atomic E-state index is 0.295. The summed E-state index contributed by atoms with van der Waals surface area (Å²) in [6.07, 6.45) is 0. The molecule has 122 valence electrons. The maximum atomic E-state index is 12.4. The number of carbonyl (C=O) groups is 1. The maximum absolute atomic E-state index is 12.4. The third-order valence-electron chi connectivity index (χ3n) is 3.74. The van der Waals surface area contributed by atoms with E-state index in [0.29, 0.717) is 17.1 Å². The lowest BCUT2D eigenvalue weighted by molar-refractivity contribution is 0.102. The molecule has 0 aliphatic heterocycles. The highest BCUT2D eigenvalue weighted by molar-refractivity contribution is 6.03. The first kappa shape index (κ1) is 15.7. The second kappa shape index (κ2) is 6.54. The Morgan fingerprint density at radius 3 is 2.33 bits per heavy atom. The lowest BCUT2D eigenvalue weighted by Crippen LogP contribution is -2.14. The van der Waals surface area contributed by atoms with E-state index in [9.17, 15) is 4.79 Å². The molecule has 0 unspecified atom stereocenters. The summed E-state index contributed by atoms with van der Waals surface area (Å²) in [7, 11) is 1.60. The van der Waals surface area contributed by atoms with Crippen LogP contribution in [0.4, 0.5) is 5.69 Å². The molecule has 0 radical (unpaired) electrons. The van der Waals surface area contributed by atoms with E-state index in [4.69, 9.17) is 4.74 Å². The highest BCUT2D eigenvalue weighted by Gasteiger charge is 2.17. The number of methoxy groups -OCH3 is 1. The van der Waals surface area contributed by atoms with Gasteiger partial charge in [0.05, 0.1) is 18.5 Å².